The van der Waals surface area contributed by atoms with E-state index in [1.165, 1.54) is 12.1 Å². The van der Waals surface area contributed by atoms with Crippen molar-refractivity contribution in [2.75, 3.05) is 65.3 Å². The van der Waals surface area contributed by atoms with E-state index in [0.717, 1.165) is 46.4 Å². The number of benzene rings is 3. The number of carboxylic acids is 1. The number of amides is 1. The molecule has 0 radical (unpaired) electrons. The molecule has 1 aliphatic carbocycles. The maximum atomic E-state index is 13.2. The van der Waals surface area contributed by atoms with Crippen LogP contribution in [0.25, 0.3) is 33.4 Å². The Balaban J connectivity index is 1.31. The number of hydrogen-bond acceptors (Lipinski definition) is 7. The van der Waals surface area contributed by atoms with Crippen LogP contribution in [-0.4, -0.2) is 77.4 Å². The number of carbonyl (C=O) groups is 2. The molecule has 0 bridgehead atoms. The number of hydrogen-bond donors (Lipinski definition) is 2. The van der Waals surface area contributed by atoms with Crippen molar-refractivity contribution < 1.29 is 33.0 Å². The quantitative estimate of drug-likeness (QED) is 0.0626. The Hall–Kier alpha value is -4.64. The molecule has 2 aromatic carbocycles. The predicted molar refractivity (Wildman–Crippen MR) is 187 cm³/mol. The van der Waals surface area contributed by atoms with Gasteiger partial charge in [-0.3, -0.25) is 4.79 Å². The number of carbonyl (C=O) groups excluding carboxylic acids is 1. The first-order valence-corrected chi connectivity index (χ1v) is 16.3. The number of nitrogens with one attached hydrogen (secondary N) is 1. The summed E-state index contributed by atoms with van der Waals surface area (Å²) in [6.07, 6.45) is 1.66. The van der Waals surface area contributed by atoms with Crippen molar-refractivity contribution in [2.24, 2.45) is 0 Å². The van der Waals surface area contributed by atoms with Gasteiger partial charge in [-0.25, -0.2) is 9.37 Å². The third-order valence-corrected chi connectivity index (χ3v) is 8.19. The fraction of sp³-hybridized carbons (Fsp3) is 0.324. The van der Waals surface area contributed by atoms with E-state index in [9.17, 15) is 14.7 Å². The number of carboxylic acid groups (broad SMARTS) is 1. The van der Waals surface area contributed by atoms with Crippen LogP contribution in [0.3, 0.4) is 0 Å². The summed E-state index contributed by atoms with van der Waals surface area (Å²) in [5.74, 6) is 1.41. The maximum absolute atomic E-state index is 13.2. The van der Waals surface area contributed by atoms with Crippen molar-refractivity contribution in [1.82, 2.24) is 9.89 Å². The lowest BCUT2D eigenvalue weighted by Crippen LogP contribution is -2.27. The number of nitrogens with zero attached hydrogens (tertiary/aromatic N) is 2. The number of anilines is 1. The zero-order valence-corrected chi connectivity index (χ0v) is 28.4. The molecule has 0 saturated carbocycles. The first-order valence-electron chi connectivity index (χ1n) is 15.8. The van der Waals surface area contributed by atoms with Gasteiger partial charge in [0.05, 0.1) is 31.5 Å². The number of furan rings is 1. The molecule has 252 valence electrons. The smallest absolute Gasteiger partial charge is 0.336 e. The summed E-state index contributed by atoms with van der Waals surface area (Å²) in [6.45, 7) is 1.65. The van der Waals surface area contributed by atoms with Crippen LogP contribution in [0.15, 0.2) is 75.6 Å². The first kappa shape index (κ1) is 34.7. The molecule has 0 spiro atoms. The number of halogens is 1. The highest BCUT2D eigenvalue weighted by Gasteiger charge is 2.24. The molecule has 1 amide bonds. The number of aryl methyl sites for hydroxylation is 1. The molecule has 0 saturated heterocycles. The van der Waals surface area contributed by atoms with Crippen molar-refractivity contribution >= 4 is 40.1 Å². The van der Waals surface area contributed by atoms with Crippen molar-refractivity contribution in [2.45, 2.75) is 19.4 Å². The van der Waals surface area contributed by atoms with Gasteiger partial charge in [-0.15, -0.1) is 11.6 Å². The van der Waals surface area contributed by atoms with Crippen molar-refractivity contribution in [3.8, 4) is 22.5 Å². The van der Waals surface area contributed by atoms with E-state index in [1.807, 2.05) is 86.2 Å². The summed E-state index contributed by atoms with van der Waals surface area (Å²) in [5.41, 5.74) is 3.79. The summed E-state index contributed by atoms with van der Waals surface area (Å²) in [7, 11) is 7.78. The van der Waals surface area contributed by atoms with Gasteiger partial charge < -0.3 is 33.6 Å². The minimum Gasteiger partial charge on any atom is -0.478 e. The number of alkyl halides is 1. The SMILES string of the molecule is CN(C)c1ccc2c(-c3cc(C(=O)NCCOCCOCc4ccc(CCCCl)o4)ccc3C(=O)O)c3ccc(=[N+](C)C)cc-3oc2c1. The lowest BCUT2D eigenvalue weighted by Gasteiger charge is -2.19. The molecule has 2 N–H and O–H groups in total. The van der Waals surface area contributed by atoms with Gasteiger partial charge in [0.15, 0.2) is 0 Å². The molecule has 11 heteroatoms. The van der Waals surface area contributed by atoms with Gasteiger partial charge in [0.25, 0.3) is 5.91 Å². The minimum absolute atomic E-state index is 0.0816. The van der Waals surface area contributed by atoms with E-state index in [0.29, 0.717) is 53.7 Å². The van der Waals surface area contributed by atoms with Crippen molar-refractivity contribution in [3.05, 3.63) is 94.7 Å². The van der Waals surface area contributed by atoms with E-state index in [2.05, 4.69) is 5.32 Å². The highest BCUT2D eigenvalue weighted by Crippen LogP contribution is 2.42. The van der Waals surface area contributed by atoms with Crippen LogP contribution in [0.5, 0.6) is 0 Å². The second kappa shape index (κ2) is 16.0. The summed E-state index contributed by atoms with van der Waals surface area (Å²) < 4.78 is 25.3. The average molecular weight is 675 g/mol. The molecule has 5 rings (SSSR count). The second-order valence-electron chi connectivity index (χ2n) is 11.8. The van der Waals surface area contributed by atoms with Gasteiger partial charge in [0.1, 0.15) is 43.6 Å². The fourth-order valence-corrected chi connectivity index (χ4v) is 5.53. The van der Waals surface area contributed by atoms with E-state index in [-0.39, 0.29) is 24.6 Å². The van der Waals surface area contributed by atoms with Crippen LogP contribution < -0.4 is 20.1 Å². The molecule has 1 aromatic heterocycles. The van der Waals surface area contributed by atoms with Crippen LogP contribution in [0.1, 0.15) is 38.7 Å². The lowest BCUT2D eigenvalue weighted by molar-refractivity contribution is 0.0352. The molecule has 2 aliphatic rings. The number of fused-ring (bicyclic) bond motifs is 2. The molecule has 3 aromatic rings. The Morgan fingerprint density at radius 1 is 0.896 bits per heavy atom. The van der Waals surface area contributed by atoms with Gasteiger partial charge in [-0.2, -0.15) is 0 Å². The van der Waals surface area contributed by atoms with E-state index in [4.69, 9.17) is 29.9 Å². The Bertz CT molecular complexity index is 1940. The van der Waals surface area contributed by atoms with E-state index < -0.39 is 5.97 Å². The van der Waals surface area contributed by atoms with Crippen LogP contribution in [0, 0.1) is 0 Å². The Morgan fingerprint density at radius 2 is 1.69 bits per heavy atom. The van der Waals surface area contributed by atoms with E-state index >= 15 is 0 Å². The molecule has 0 fully saturated rings. The molecule has 2 heterocycles. The fourth-order valence-electron chi connectivity index (χ4n) is 5.40. The average Bonchev–Trinajstić information content (AvgIpc) is 3.53. The van der Waals surface area contributed by atoms with Crippen LogP contribution >= 0.6 is 11.6 Å². The zero-order chi connectivity index (χ0) is 34.2. The van der Waals surface area contributed by atoms with E-state index in [1.54, 1.807) is 6.07 Å². The summed E-state index contributed by atoms with van der Waals surface area (Å²) in [5, 5.41) is 14.8. The zero-order valence-electron chi connectivity index (χ0n) is 27.7. The molecule has 10 nitrogen and oxygen atoms in total. The van der Waals surface area contributed by atoms with Gasteiger partial charge in [0, 0.05) is 72.8 Å². The van der Waals surface area contributed by atoms with Gasteiger partial charge in [0.2, 0.25) is 5.36 Å². The van der Waals surface area contributed by atoms with Crippen molar-refractivity contribution in [1.29, 1.82) is 0 Å². The first-order chi connectivity index (χ1) is 23.2. The Morgan fingerprint density at radius 3 is 2.44 bits per heavy atom. The van der Waals surface area contributed by atoms with Gasteiger partial charge >= 0.3 is 5.97 Å². The third kappa shape index (κ3) is 8.25. The normalized spacial score (nSPS) is 11.3. The monoisotopic (exact) mass is 674 g/mol. The van der Waals surface area contributed by atoms with Crippen LogP contribution in [0.4, 0.5) is 5.69 Å². The largest absolute Gasteiger partial charge is 0.478 e. The number of aromatic carboxylic acids is 1. The van der Waals surface area contributed by atoms with Crippen molar-refractivity contribution in [3.63, 3.8) is 0 Å². The molecule has 1 aliphatic heterocycles. The Kier molecular flexibility index (Phi) is 11.5. The molecular weight excluding hydrogens is 634 g/mol. The molecule has 48 heavy (non-hydrogen) atoms. The highest BCUT2D eigenvalue weighted by molar-refractivity contribution is 6.17. The highest BCUT2D eigenvalue weighted by atomic mass is 35.5. The summed E-state index contributed by atoms with van der Waals surface area (Å²) in [4.78, 5) is 27.7. The maximum Gasteiger partial charge on any atom is 0.336 e. The summed E-state index contributed by atoms with van der Waals surface area (Å²) in [6, 6.07) is 20.1. The predicted octanol–water partition coefficient (Wildman–Crippen LogP) is 5.73. The Labute approximate surface area is 284 Å². The number of ether oxygens (including phenoxy) is 2. The topological polar surface area (TPSA) is 117 Å². The number of rotatable bonds is 15. The van der Waals surface area contributed by atoms with Gasteiger partial charge in [-0.05, 0) is 60.5 Å². The van der Waals surface area contributed by atoms with Crippen LogP contribution in [-0.2, 0) is 22.5 Å². The third-order valence-electron chi connectivity index (χ3n) is 7.93. The van der Waals surface area contributed by atoms with Crippen LogP contribution in [0.2, 0.25) is 0 Å². The standard InChI is InChI=1S/C37H40ClN3O7/c1-40(2)25-8-13-30-33(21-25)48-34-22-26(41(3)4)9-14-31(34)35(30)32-20-24(7-12-29(32)37(43)44)36(42)39-16-17-45-18-19-46-23-28-11-10-27(47-28)6-5-15-38/h7-14,20-22H,5-6,15-19,23H2,1-4H3,(H-,39,42,43,44)/p+1. The minimum atomic E-state index is -1.09. The molecular formula is C37H41ClN3O7+. The second-order valence-corrected chi connectivity index (χ2v) is 12.2. The molecule has 0 atom stereocenters. The van der Waals surface area contributed by atoms with Gasteiger partial charge in [-0.1, -0.05) is 0 Å². The summed E-state index contributed by atoms with van der Waals surface area (Å²) >= 11 is 5.74. The lowest BCUT2D eigenvalue weighted by atomic mass is 9.89. The molecule has 0 unspecified atom stereocenters.